The van der Waals surface area contributed by atoms with E-state index < -0.39 is 0 Å². The molecule has 2 rings (SSSR count). The molecule has 2 aliphatic rings. The molecule has 5 heteroatoms. The average molecular weight is 387 g/mol. The lowest BCUT2D eigenvalue weighted by molar-refractivity contribution is -0.931. The van der Waals surface area contributed by atoms with Gasteiger partial charge >= 0.3 is 0 Å². The Bertz CT molecular complexity index is 333. The Labute approximate surface area is 168 Å². The number of hydrogen-bond donors (Lipinski definition) is 0. The minimum atomic E-state index is 0.685. The van der Waals surface area contributed by atoms with E-state index in [2.05, 4.69) is 13.8 Å². The number of rotatable bonds is 14. The van der Waals surface area contributed by atoms with E-state index >= 15 is 0 Å². The second-order valence-electron chi connectivity index (χ2n) is 8.62. The van der Waals surface area contributed by atoms with Crippen LogP contribution < -0.4 is 0 Å². The van der Waals surface area contributed by atoms with Crippen molar-refractivity contribution >= 4 is 0 Å². The van der Waals surface area contributed by atoms with Crippen molar-refractivity contribution in [3.05, 3.63) is 0 Å². The van der Waals surface area contributed by atoms with Crippen molar-refractivity contribution < 1.29 is 23.2 Å². The van der Waals surface area contributed by atoms with Crippen LogP contribution in [0.3, 0.4) is 0 Å². The van der Waals surface area contributed by atoms with E-state index in [1.807, 2.05) is 0 Å². The molecule has 0 atom stereocenters. The van der Waals surface area contributed by atoms with Gasteiger partial charge in [0.2, 0.25) is 0 Å². The van der Waals surface area contributed by atoms with Gasteiger partial charge in [-0.2, -0.15) is 0 Å². The van der Waals surface area contributed by atoms with Crippen LogP contribution in [0.25, 0.3) is 0 Å². The number of nitrogens with zero attached hydrogens (tertiary/aromatic N) is 2. The molecule has 0 N–H and O–H groups in total. The van der Waals surface area contributed by atoms with Crippen molar-refractivity contribution in [3.8, 4) is 0 Å². The summed E-state index contributed by atoms with van der Waals surface area (Å²) < 4.78 is 19.8. The predicted octanol–water partition coefficient (Wildman–Crippen LogP) is 3.08. The third-order valence-corrected chi connectivity index (χ3v) is 7.04. The Balaban J connectivity index is 1.39. The molecule has 0 unspecified atom stereocenters. The second-order valence-corrected chi connectivity index (χ2v) is 8.62. The number of piperidine rings is 2. The van der Waals surface area contributed by atoms with E-state index in [1.54, 1.807) is 0 Å². The Morgan fingerprint density at radius 2 is 0.815 bits per heavy atom. The monoisotopic (exact) mass is 386 g/mol. The van der Waals surface area contributed by atoms with Crippen LogP contribution in [0.5, 0.6) is 0 Å². The zero-order valence-electron chi connectivity index (χ0n) is 18.3. The molecule has 0 aromatic rings. The third-order valence-electron chi connectivity index (χ3n) is 7.04. The lowest BCUT2D eigenvalue weighted by Gasteiger charge is -2.40. The number of ether oxygens (including phenoxy) is 3. The Hall–Kier alpha value is -0.200. The van der Waals surface area contributed by atoms with Crippen LogP contribution in [-0.2, 0) is 14.2 Å². The van der Waals surface area contributed by atoms with E-state index in [1.165, 1.54) is 86.8 Å². The molecule has 0 aliphatic carbocycles. The molecule has 27 heavy (non-hydrogen) atoms. The topological polar surface area (TPSA) is 27.7 Å². The number of quaternary nitrogens is 2. The fourth-order valence-corrected chi connectivity index (χ4v) is 4.82. The van der Waals surface area contributed by atoms with Gasteiger partial charge in [0, 0.05) is 0 Å². The highest BCUT2D eigenvalue weighted by molar-refractivity contribution is 4.54. The number of hydrogen-bond acceptors (Lipinski definition) is 3. The highest BCUT2D eigenvalue weighted by atomic mass is 16.5. The Morgan fingerprint density at radius 1 is 0.481 bits per heavy atom. The van der Waals surface area contributed by atoms with Crippen LogP contribution in [0.4, 0.5) is 0 Å². The molecule has 5 nitrogen and oxygen atoms in total. The van der Waals surface area contributed by atoms with Gasteiger partial charge in [-0.1, -0.05) is 0 Å². The molecule has 160 valence electrons. The molecular formula is C22H46N2O3+2. The van der Waals surface area contributed by atoms with Crippen molar-refractivity contribution in [2.45, 2.75) is 52.4 Å². The van der Waals surface area contributed by atoms with Gasteiger partial charge in [-0.3, -0.25) is 0 Å². The molecule has 0 bridgehead atoms. The summed E-state index contributed by atoms with van der Waals surface area (Å²) in [5.74, 6) is 0. The highest BCUT2D eigenvalue weighted by Gasteiger charge is 2.28. The summed E-state index contributed by atoms with van der Waals surface area (Å²) in [5, 5.41) is 0. The summed E-state index contributed by atoms with van der Waals surface area (Å²) in [6.07, 6.45) is 8.36. The first-order valence-corrected chi connectivity index (χ1v) is 11.7. The first-order valence-electron chi connectivity index (χ1n) is 11.7. The van der Waals surface area contributed by atoms with Crippen LogP contribution in [-0.4, -0.2) is 101 Å². The molecule has 2 heterocycles. The molecule has 0 radical (unpaired) electrons. The maximum Gasteiger partial charge on any atom is 0.102 e. The highest BCUT2D eigenvalue weighted by Crippen LogP contribution is 2.19. The molecule has 2 aliphatic heterocycles. The lowest BCUT2D eigenvalue weighted by atomic mass is 10.1. The summed E-state index contributed by atoms with van der Waals surface area (Å²) in [4.78, 5) is 0. The molecule has 0 aromatic heterocycles. The summed E-state index contributed by atoms with van der Waals surface area (Å²) in [6, 6.07) is 0. The van der Waals surface area contributed by atoms with Crippen LogP contribution in [0.15, 0.2) is 0 Å². The van der Waals surface area contributed by atoms with E-state index in [0.29, 0.717) is 26.4 Å². The summed E-state index contributed by atoms with van der Waals surface area (Å²) in [7, 11) is 0. The maximum absolute atomic E-state index is 5.81. The van der Waals surface area contributed by atoms with Crippen molar-refractivity contribution in [1.29, 1.82) is 0 Å². The van der Waals surface area contributed by atoms with Crippen molar-refractivity contribution in [2.75, 3.05) is 92.0 Å². The molecule has 2 saturated heterocycles. The van der Waals surface area contributed by atoms with Crippen molar-refractivity contribution in [1.82, 2.24) is 0 Å². The minimum absolute atomic E-state index is 0.685. The molecule has 0 saturated carbocycles. The average Bonchev–Trinajstić information content (AvgIpc) is 2.73. The van der Waals surface area contributed by atoms with E-state index in [4.69, 9.17) is 14.2 Å². The van der Waals surface area contributed by atoms with Gasteiger partial charge in [0.25, 0.3) is 0 Å². The standard InChI is InChI=1S/C22H46N2O3/c1-3-23(11-7-5-8-12-23)15-17-25-19-21-27-22-20-26-18-16-24(4-2)13-9-6-10-14-24/h3-22H2,1-2H3/q+2. The van der Waals surface area contributed by atoms with Crippen LogP contribution >= 0.6 is 0 Å². The maximum atomic E-state index is 5.81. The predicted molar refractivity (Wildman–Crippen MR) is 111 cm³/mol. The summed E-state index contributed by atoms with van der Waals surface area (Å²) >= 11 is 0. The fourth-order valence-electron chi connectivity index (χ4n) is 4.82. The van der Waals surface area contributed by atoms with Gasteiger partial charge in [-0.25, -0.2) is 0 Å². The molecular weight excluding hydrogens is 340 g/mol. The lowest BCUT2D eigenvalue weighted by Crippen LogP contribution is -2.53. The minimum Gasteiger partial charge on any atom is -0.377 e. The van der Waals surface area contributed by atoms with Crippen LogP contribution in [0, 0.1) is 0 Å². The second kappa shape index (κ2) is 13.1. The van der Waals surface area contributed by atoms with Gasteiger partial charge < -0.3 is 23.2 Å². The first-order chi connectivity index (χ1) is 13.2. The molecule has 0 spiro atoms. The van der Waals surface area contributed by atoms with E-state index in [-0.39, 0.29) is 0 Å². The van der Waals surface area contributed by atoms with Gasteiger partial charge in [0.15, 0.2) is 0 Å². The zero-order chi connectivity index (χ0) is 19.3. The number of likely N-dealkylation sites (N-methyl/N-ethyl adjacent to an activating group) is 2. The summed E-state index contributed by atoms with van der Waals surface area (Å²) in [6.45, 7) is 19.3. The normalized spacial score (nSPS) is 22.0. The van der Waals surface area contributed by atoms with Gasteiger partial charge in [0.05, 0.1) is 78.9 Å². The first kappa shape index (κ1) is 23.1. The zero-order valence-corrected chi connectivity index (χ0v) is 18.3. The van der Waals surface area contributed by atoms with Crippen molar-refractivity contribution in [2.24, 2.45) is 0 Å². The Morgan fingerprint density at radius 3 is 1.15 bits per heavy atom. The van der Waals surface area contributed by atoms with Gasteiger partial charge in [0.1, 0.15) is 13.1 Å². The molecule has 2 fully saturated rings. The largest absolute Gasteiger partial charge is 0.377 e. The SMILES string of the molecule is CC[N+]1(CCOCCOCCOCC[N+]2(CC)CCCCC2)CCCCC1. The smallest absolute Gasteiger partial charge is 0.102 e. The molecule has 0 aromatic carbocycles. The van der Waals surface area contributed by atoms with Gasteiger partial charge in [-0.15, -0.1) is 0 Å². The van der Waals surface area contributed by atoms with Crippen LogP contribution in [0.2, 0.25) is 0 Å². The third kappa shape index (κ3) is 8.36. The van der Waals surface area contributed by atoms with Crippen LogP contribution in [0.1, 0.15) is 52.4 Å². The van der Waals surface area contributed by atoms with Gasteiger partial charge in [-0.05, 0) is 52.4 Å². The van der Waals surface area contributed by atoms with Crippen molar-refractivity contribution in [3.63, 3.8) is 0 Å². The molecule has 0 amide bonds. The fraction of sp³-hybridized carbons (Fsp3) is 1.00. The Kier molecular flexibility index (Phi) is 11.2. The summed E-state index contributed by atoms with van der Waals surface area (Å²) in [5.41, 5.74) is 0. The van der Waals surface area contributed by atoms with E-state index in [0.717, 1.165) is 26.3 Å². The number of likely N-dealkylation sites (tertiary alicyclic amines) is 2. The quantitative estimate of drug-likeness (QED) is 0.339. The van der Waals surface area contributed by atoms with E-state index in [9.17, 15) is 0 Å².